The van der Waals surface area contributed by atoms with E-state index in [0.717, 1.165) is 73.4 Å². The van der Waals surface area contributed by atoms with Crippen molar-refractivity contribution in [3.8, 4) is 0 Å². The Morgan fingerprint density at radius 2 is 1.82 bits per heavy atom. The third kappa shape index (κ3) is 4.34. The van der Waals surface area contributed by atoms with Gasteiger partial charge in [-0.3, -0.25) is 9.69 Å². The lowest BCUT2D eigenvalue weighted by atomic mass is 9.95. The molecule has 1 atom stereocenters. The van der Waals surface area contributed by atoms with Gasteiger partial charge in [0.15, 0.2) is 5.82 Å². The number of aromatic amines is 1. The lowest BCUT2D eigenvalue weighted by Crippen LogP contribution is -2.49. The molecule has 8 nitrogen and oxygen atoms in total. The Balaban J connectivity index is 1.62. The van der Waals surface area contributed by atoms with Crippen LogP contribution in [0.15, 0.2) is 23.0 Å². The number of nitrogens with zero attached hydrogens (tertiary/aromatic N) is 6. The number of aryl methyl sites for hydroxylation is 2. The molecule has 1 saturated heterocycles. The highest BCUT2D eigenvalue weighted by Crippen LogP contribution is 2.33. The molecule has 2 aromatic heterocycles. The van der Waals surface area contributed by atoms with Gasteiger partial charge in [-0.1, -0.05) is 37.8 Å². The fourth-order valence-corrected chi connectivity index (χ4v) is 5.71. The number of piperazine rings is 1. The topological polar surface area (TPSA) is 82.9 Å². The van der Waals surface area contributed by atoms with E-state index in [4.69, 9.17) is 0 Å². The molecule has 5 rings (SSSR count). The number of hydrogen-bond donors (Lipinski definition) is 1. The molecule has 0 spiro atoms. The molecule has 0 radical (unpaired) electrons. The van der Waals surface area contributed by atoms with Crippen molar-refractivity contribution in [2.45, 2.75) is 65.0 Å². The van der Waals surface area contributed by atoms with Crippen LogP contribution in [0.2, 0.25) is 0 Å². The van der Waals surface area contributed by atoms with Crippen molar-refractivity contribution in [2.24, 2.45) is 0 Å². The van der Waals surface area contributed by atoms with E-state index < -0.39 is 0 Å². The quantitative estimate of drug-likeness (QED) is 0.643. The first-order valence-electron chi connectivity index (χ1n) is 12.4. The molecule has 1 N–H and O–H groups in total. The molecule has 176 valence electrons. The molecule has 3 heterocycles. The van der Waals surface area contributed by atoms with Gasteiger partial charge < -0.3 is 9.88 Å². The van der Waals surface area contributed by atoms with E-state index in [1.54, 1.807) is 0 Å². The van der Waals surface area contributed by atoms with Crippen LogP contribution in [0, 0.1) is 13.8 Å². The lowest BCUT2D eigenvalue weighted by Gasteiger charge is -2.38. The standard InChI is InChI=1S/C25H35N7O/c1-4-30-10-12-31(13-11-30)23(24-27-28-29-32(24)20-8-6-5-7-9-20)21-16-19-15-17(2)14-18(3)22(19)26-25(21)33/h14-16,20,23H,4-13H2,1-3H3,(H,26,33)/t23-/m1/s1. The number of pyridine rings is 1. The lowest BCUT2D eigenvalue weighted by molar-refractivity contribution is 0.106. The van der Waals surface area contributed by atoms with Gasteiger partial charge >= 0.3 is 0 Å². The number of H-pyrrole nitrogens is 1. The Hall–Kier alpha value is -2.58. The molecule has 8 heteroatoms. The van der Waals surface area contributed by atoms with Gasteiger partial charge in [0, 0.05) is 31.7 Å². The van der Waals surface area contributed by atoms with Crippen molar-refractivity contribution in [3.63, 3.8) is 0 Å². The number of tetrazole rings is 1. The molecule has 0 amide bonds. The largest absolute Gasteiger partial charge is 0.321 e. The highest BCUT2D eigenvalue weighted by molar-refractivity contribution is 5.83. The minimum absolute atomic E-state index is 0.0458. The summed E-state index contributed by atoms with van der Waals surface area (Å²) < 4.78 is 2.03. The predicted molar refractivity (Wildman–Crippen MR) is 130 cm³/mol. The Kier molecular flexibility index (Phi) is 6.29. The maximum Gasteiger partial charge on any atom is 0.253 e. The molecule has 0 unspecified atom stereocenters. The van der Waals surface area contributed by atoms with Crippen molar-refractivity contribution in [2.75, 3.05) is 32.7 Å². The van der Waals surface area contributed by atoms with Gasteiger partial charge in [-0.25, -0.2) is 4.68 Å². The summed E-state index contributed by atoms with van der Waals surface area (Å²) in [5.74, 6) is 0.807. The summed E-state index contributed by atoms with van der Waals surface area (Å²) >= 11 is 0. The van der Waals surface area contributed by atoms with Gasteiger partial charge in [-0.05, 0) is 66.7 Å². The molecule has 0 bridgehead atoms. The van der Waals surface area contributed by atoms with Crippen LogP contribution in [-0.4, -0.2) is 67.7 Å². The van der Waals surface area contributed by atoms with Gasteiger partial charge in [0.25, 0.3) is 5.56 Å². The Morgan fingerprint density at radius 3 is 2.55 bits per heavy atom. The number of hydrogen-bond acceptors (Lipinski definition) is 6. The SMILES string of the molecule is CCN1CCN([C@H](c2cc3cc(C)cc(C)c3[nH]c2=O)c2nnnn2C2CCCCC2)CC1. The second-order valence-corrected chi connectivity index (χ2v) is 9.75. The van der Waals surface area contributed by atoms with Crippen LogP contribution >= 0.6 is 0 Å². The molecule has 1 aromatic carbocycles. The average molecular weight is 450 g/mol. The predicted octanol–water partition coefficient (Wildman–Crippen LogP) is 3.36. The fraction of sp³-hybridized carbons (Fsp3) is 0.600. The molecule has 1 saturated carbocycles. The summed E-state index contributed by atoms with van der Waals surface area (Å²) in [4.78, 5) is 21.5. The number of nitrogens with one attached hydrogen (secondary N) is 1. The summed E-state index contributed by atoms with van der Waals surface area (Å²) in [5, 5.41) is 14.1. The van der Waals surface area contributed by atoms with E-state index in [0.29, 0.717) is 6.04 Å². The smallest absolute Gasteiger partial charge is 0.253 e. The first-order chi connectivity index (χ1) is 16.0. The molecule has 1 aliphatic carbocycles. The minimum atomic E-state index is -0.255. The first kappa shape index (κ1) is 22.2. The minimum Gasteiger partial charge on any atom is -0.321 e. The Labute approximate surface area is 195 Å². The Morgan fingerprint density at radius 1 is 1.06 bits per heavy atom. The van der Waals surface area contributed by atoms with Crippen molar-refractivity contribution in [1.29, 1.82) is 0 Å². The van der Waals surface area contributed by atoms with Gasteiger partial charge in [0.05, 0.1) is 11.6 Å². The molecule has 3 aromatic rings. The van der Waals surface area contributed by atoms with Crippen molar-refractivity contribution in [3.05, 3.63) is 51.1 Å². The monoisotopic (exact) mass is 449 g/mol. The number of likely N-dealkylation sites (N-methyl/N-ethyl adjacent to an activating group) is 1. The summed E-state index contributed by atoms with van der Waals surface area (Å²) in [7, 11) is 0. The summed E-state index contributed by atoms with van der Waals surface area (Å²) in [5.41, 5.74) is 3.89. The second kappa shape index (κ2) is 9.35. The molecule has 2 aliphatic rings. The van der Waals surface area contributed by atoms with Crippen molar-refractivity contribution < 1.29 is 0 Å². The van der Waals surface area contributed by atoms with Crippen LogP contribution < -0.4 is 5.56 Å². The van der Waals surface area contributed by atoms with Gasteiger partial charge in [-0.2, -0.15) is 0 Å². The summed E-state index contributed by atoms with van der Waals surface area (Å²) in [6, 6.07) is 6.40. The van der Waals surface area contributed by atoms with Crippen LogP contribution in [0.5, 0.6) is 0 Å². The molecular weight excluding hydrogens is 414 g/mol. The van der Waals surface area contributed by atoms with E-state index in [1.165, 1.54) is 24.8 Å². The van der Waals surface area contributed by atoms with E-state index in [9.17, 15) is 4.79 Å². The zero-order valence-electron chi connectivity index (χ0n) is 20.0. The second-order valence-electron chi connectivity index (χ2n) is 9.75. The van der Waals surface area contributed by atoms with Crippen molar-refractivity contribution in [1.82, 2.24) is 35.0 Å². The average Bonchev–Trinajstić information content (AvgIpc) is 3.31. The first-order valence-corrected chi connectivity index (χ1v) is 12.4. The maximum atomic E-state index is 13.5. The zero-order chi connectivity index (χ0) is 22.9. The number of benzene rings is 1. The van der Waals surface area contributed by atoms with Gasteiger partial charge in [0.2, 0.25) is 0 Å². The molecule has 33 heavy (non-hydrogen) atoms. The van der Waals surface area contributed by atoms with Crippen LogP contribution in [0.4, 0.5) is 0 Å². The normalized spacial score (nSPS) is 19.8. The Bertz CT molecular complexity index is 1170. The van der Waals surface area contributed by atoms with Gasteiger partial charge in [0.1, 0.15) is 6.04 Å². The van der Waals surface area contributed by atoms with Crippen LogP contribution in [0.1, 0.15) is 73.6 Å². The third-order valence-electron chi connectivity index (χ3n) is 7.52. The van der Waals surface area contributed by atoms with Crippen LogP contribution in [0.3, 0.4) is 0 Å². The van der Waals surface area contributed by atoms with Crippen LogP contribution in [-0.2, 0) is 0 Å². The third-order valence-corrected chi connectivity index (χ3v) is 7.52. The number of aromatic nitrogens is 5. The van der Waals surface area contributed by atoms with Gasteiger partial charge in [-0.15, -0.1) is 5.10 Å². The van der Waals surface area contributed by atoms with E-state index in [-0.39, 0.29) is 11.6 Å². The van der Waals surface area contributed by atoms with Crippen LogP contribution in [0.25, 0.3) is 10.9 Å². The molecule has 1 aliphatic heterocycles. The number of rotatable bonds is 5. The van der Waals surface area contributed by atoms with Crippen molar-refractivity contribution >= 4 is 10.9 Å². The van der Waals surface area contributed by atoms with E-state index in [2.05, 4.69) is 69.3 Å². The molecule has 2 fully saturated rings. The summed E-state index contributed by atoms with van der Waals surface area (Å²) in [6.45, 7) is 11.2. The maximum absolute atomic E-state index is 13.5. The summed E-state index contributed by atoms with van der Waals surface area (Å²) in [6.07, 6.45) is 5.89. The zero-order valence-corrected chi connectivity index (χ0v) is 20.0. The highest BCUT2D eigenvalue weighted by atomic mass is 16.1. The van der Waals surface area contributed by atoms with E-state index in [1.807, 2.05) is 4.68 Å². The fourth-order valence-electron chi connectivity index (χ4n) is 5.71. The highest BCUT2D eigenvalue weighted by Gasteiger charge is 2.34. The van der Waals surface area contributed by atoms with E-state index >= 15 is 0 Å². The molecular formula is C25H35N7O. The number of fused-ring (bicyclic) bond motifs is 1.